The van der Waals surface area contributed by atoms with Gasteiger partial charge in [0.2, 0.25) is 21.8 Å². The summed E-state index contributed by atoms with van der Waals surface area (Å²) in [5, 5.41) is 2.81. The minimum Gasteiger partial charge on any atom is -0.497 e. The molecule has 0 aliphatic rings. The number of anilines is 1. The summed E-state index contributed by atoms with van der Waals surface area (Å²) in [5.41, 5.74) is 1.01. The molecular weight excluding hydrogens is 458 g/mol. The number of nitrogens with one attached hydrogen (secondary N) is 1. The van der Waals surface area contributed by atoms with Crippen LogP contribution in [0.3, 0.4) is 0 Å². The van der Waals surface area contributed by atoms with E-state index >= 15 is 0 Å². The Morgan fingerprint density at radius 2 is 1.59 bits per heavy atom. The Bertz CT molecular complexity index is 1090. The molecule has 0 radical (unpaired) electrons. The number of hydrogen-bond acceptors (Lipinski definition) is 6. The molecule has 2 aromatic carbocycles. The van der Waals surface area contributed by atoms with Crippen molar-refractivity contribution in [1.82, 2.24) is 10.2 Å². The van der Waals surface area contributed by atoms with Gasteiger partial charge in [-0.25, -0.2) is 8.42 Å². The first-order chi connectivity index (χ1) is 16.0. The fourth-order valence-electron chi connectivity index (χ4n) is 3.35. The third-order valence-electron chi connectivity index (χ3n) is 5.14. The maximum atomic E-state index is 13.5. The fraction of sp³-hybridized carbons (Fsp3) is 0.417. The molecular formula is C24H33N3O6S. The van der Waals surface area contributed by atoms with Gasteiger partial charge in [0.25, 0.3) is 0 Å². The summed E-state index contributed by atoms with van der Waals surface area (Å²) in [6.07, 6.45) is 1.02. The van der Waals surface area contributed by atoms with Gasteiger partial charge in [0, 0.05) is 12.6 Å². The van der Waals surface area contributed by atoms with Crippen molar-refractivity contribution in [3.05, 3.63) is 54.1 Å². The first-order valence-electron chi connectivity index (χ1n) is 10.8. The van der Waals surface area contributed by atoms with Gasteiger partial charge in [-0.3, -0.25) is 13.9 Å². The SMILES string of the molecule is COc1ccc(CN(C(=O)CN(c2ccccc2OC)S(C)(=O)=O)C(C)C(=O)NC(C)C)cc1. The van der Waals surface area contributed by atoms with E-state index in [1.54, 1.807) is 62.6 Å². The molecule has 0 spiro atoms. The molecule has 1 unspecified atom stereocenters. The van der Waals surface area contributed by atoms with E-state index in [0.29, 0.717) is 11.5 Å². The molecule has 10 heteroatoms. The minimum atomic E-state index is -3.84. The van der Waals surface area contributed by atoms with Crippen LogP contribution in [0.25, 0.3) is 0 Å². The quantitative estimate of drug-likeness (QED) is 0.518. The summed E-state index contributed by atoms with van der Waals surface area (Å²) < 4.78 is 36.8. The smallest absolute Gasteiger partial charge is 0.244 e. The molecule has 0 aliphatic carbocycles. The number of hydrogen-bond donors (Lipinski definition) is 1. The second-order valence-electron chi connectivity index (χ2n) is 8.15. The lowest BCUT2D eigenvalue weighted by atomic mass is 10.1. The molecule has 9 nitrogen and oxygen atoms in total. The third-order valence-corrected chi connectivity index (χ3v) is 6.27. The molecule has 2 aromatic rings. The largest absolute Gasteiger partial charge is 0.497 e. The Labute approximate surface area is 201 Å². The fourth-order valence-corrected chi connectivity index (χ4v) is 4.20. The highest BCUT2D eigenvalue weighted by Crippen LogP contribution is 2.29. The second-order valence-corrected chi connectivity index (χ2v) is 10.1. The van der Waals surface area contributed by atoms with Gasteiger partial charge in [-0.1, -0.05) is 24.3 Å². The van der Waals surface area contributed by atoms with Gasteiger partial charge < -0.3 is 19.7 Å². The van der Waals surface area contributed by atoms with Gasteiger partial charge in [0.05, 0.1) is 26.2 Å². The van der Waals surface area contributed by atoms with Crippen LogP contribution in [0.2, 0.25) is 0 Å². The van der Waals surface area contributed by atoms with Crippen LogP contribution in [0.5, 0.6) is 11.5 Å². The first kappa shape index (κ1) is 27.0. The van der Waals surface area contributed by atoms with Crippen LogP contribution in [0.1, 0.15) is 26.3 Å². The molecule has 34 heavy (non-hydrogen) atoms. The minimum absolute atomic E-state index is 0.110. The molecule has 0 heterocycles. The predicted molar refractivity (Wildman–Crippen MR) is 131 cm³/mol. The van der Waals surface area contributed by atoms with E-state index in [1.807, 2.05) is 13.8 Å². The molecule has 0 aromatic heterocycles. The van der Waals surface area contributed by atoms with Gasteiger partial charge in [-0.05, 0) is 50.6 Å². The number of carbonyl (C=O) groups is 2. The van der Waals surface area contributed by atoms with Crippen molar-refractivity contribution in [3.8, 4) is 11.5 Å². The molecule has 0 fully saturated rings. The standard InChI is InChI=1S/C24H33N3O6S/c1-17(2)25-24(29)18(3)26(15-19-11-13-20(32-4)14-12-19)23(28)16-27(34(6,30)31)21-9-7-8-10-22(21)33-5/h7-14,17-18H,15-16H2,1-6H3,(H,25,29). The highest BCUT2D eigenvalue weighted by atomic mass is 32.2. The van der Waals surface area contributed by atoms with Crippen LogP contribution in [-0.2, 0) is 26.2 Å². The average Bonchev–Trinajstić information content (AvgIpc) is 2.79. The number of benzene rings is 2. The summed E-state index contributed by atoms with van der Waals surface area (Å²) in [4.78, 5) is 27.6. The molecule has 2 rings (SSSR count). The summed E-state index contributed by atoms with van der Waals surface area (Å²) in [6, 6.07) is 12.7. The van der Waals surface area contributed by atoms with Crippen LogP contribution in [0.15, 0.2) is 48.5 Å². The van der Waals surface area contributed by atoms with Crippen LogP contribution < -0.4 is 19.1 Å². The maximum absolute atomic E-state index is 13.5. The van der Waals surface area contributed by atoms with E-state index in [2.05, 4.69) is 5.32 Å². The zero-order valence-electron chi connectivity index (χ0n) is 20.4. The number of para-hydroxylation sites is 2. The number of amides is 2. The Kier molecular flexibility index (Phi) is 9.31. The lowest BCUT2D eigenvalue weighted by Gasteiger charge is -2.32. The summed E-state index contributed by atoms with van der Waals surface area (Å²) in [7, 11) is -0.855. The Morgan fingerprint density at radius 3 is 2.12 bits per heavy atom. The van der Waals surface area contributed by atoms with E-state index in [-0.39, 0.29) is 24.2 Å². The lowest BCUT2D eigenvalue weighted by molar-refractivity contribution is -0.139. The number of ether oxygens (including phenoxy) is 2. The van der Waals surface area contributed by atoms with Crippen molar-refractivity contribution in [3.63, 3.8) is 0 Å². The Morgan fingerprint density at radius 1 is 0.971 bits per heavy atom. The van der Waals surface area contributed by atoms with Crippen LogP contribution >= 0.6 is 0 Å². The first-order valence-corrected chi connectivity index (χ1v) is 12.7. The summed E-state index contributed by atoms with van der Waals surface area (Å²) >= 11 is 0. The number of sulfonamides is 1. The maximum Gasteiger partial charge on any atom is 0.244 e. The monoisotopic (exact) mass is 491 g/mol. The summed E-state index contributed by atoms with van der Waals surface area (Å²) in [5.74, 6) is 0.110. The van der Waals surface area contributed by atoms with Gasteiger partial charge in [0.1, 0.15) is 24.1 Å². The molecule has 2 amide bonds. The zero-order chi connectivity index (χ0) is 25.5. The molecule has 1 atom stereocenters. The van der Waals surface area contributed by atoms with Gasteiger partial charge in [0.15, 0.2) is 0 Å². The Hall–Kier alpha value is -3.27. The van der Waals surface area contributed by atoms with E-state index in [9.17, 15) is 18.0 Å². The summed E-state index contributed by atoms with van der Waals surface area (Å²) in [6.45, 7) is 4.89. The lowest BCUT2D eigenvalue weighted by Crippen LogP contribution is -2.52. The van der Waals surface area contributed by atoms with Crippen molar-refractivity contribution in [2.45, 2.75) is 39.4 Å². The molecule has 0 bridgehead atoms. The van der Waals surface area contributed by atoms with E-state index < -0.39 is 28.5 Å². The van der Waals surface area contributed by atoms with Crippen molar-refractivity contribution >= 4 is 27.5 Å². The van der Waals surface area contributed by atoms with E-state index in [1.165, 1.54) is 12.0 Å². The number of methoxy groups -OCH3 is 2. The molecule has 0 saturated heterocycles. The number of nitrogens with zero attached hydrogens (tertiary/aromatic N) is 2. The van der Waals surface area contributed by atoms with Crippen LogP contribution in [0.4, 0.5) is 5.69 Å². The normalized spacial score (nSPS) is 12.1. The van der Waals surface area contributed by atoms with E-state index in [0.717, 1.165) is 16.1 Å². The highest BCUT2D eigenvalue weighted by Gasteiger charge is 2.31. The molecule has 186 valence electrons. The van der Waals surface area contributed by atoms with Gasteiger partial charge >= 0.3 is 0 Å². The van der Waals surface area contributed by atoms with Crippen LogP contribution in [0, 0.1) is 0 Å². The second kappa shape index (κ2) is 11.7. The predicted octanol–water partition coefficient (Wildman–Crippen LogP) is 2.41. The molecule has 1 N–H and O–H groups in total. The van der Waals surface area contributed by atoms with Crippen molar-refractivity contribution < 1.29 is 27.5 Å². The van der Waals surface area contributed by atoms with Crippen molar-refractivity contribution in [2.75, 3.05) is 31.3 Å². The average molecular weight is 492 g/mol. The third kappa shape index (κ3) is 7.11. The van der Waals surface area contributed by atoms with Crippen molar-refractivity contribution in [2.24, 2.45) is 0 Å². The molecule has 0 aliphatic heterocycles. The van der Waals surface area contributed by atoms with Gasteiger partial charge in [-0.15, -0.1) is 0 Å². The Balaban J connectivity index is 2.41. The topological polar surface area (TPSA) is 105 Å². The highest BCUT2D eigenvalue weighted by molar-refractivity contribution is 7.92. The number of carbonyl (C=O) groups excluding carboxylic acids is 2. The van der Waals surface area contributed by atoms with E-state index in [4.69, 9.17) is 9.47 Å². The molecule has 0 saturated carbocycles. The van der Waals surface area contributed by atoms with Crippen molar-refractivity contribution in [1.29, 1.82) is 0 Å². The van der Waals surface area contributed by atoms with Gasteiger partial charge in [-0.2, -0.15) is 0 Å². The zero-order valence-corrected chi connectivity index (χ0v) is 21.3. The van der Waals surface area contributed by atoms with Crippen LogP contribution in [-0.4, -0.2) is 64.2 Å². The number of rotatable bonds is 11.